The van der Waals surface area contributed by atoms with Crippen LogP contribution in [0, 0.1) is 5.92 Å². The number of H-pyrrole nitrogens is 1. The Morgan fingerprint density at radius 3 is 2.93 bits per heavy atom. The Kier molecular flexibility index (Phi) is 5.54. The first-order chi connectivity index (χ1) is 14.8. The van der Waals surface area contributed by atoms with E-state index in [9.17, 15) is 4.79 Å². The molecule has 0 saturated heterocycles. The van der Waals surface area contributed by atoms with Crippen molar-refractivity contribution in [3.05, 3.63) is 65.6 Å². The molecule has 0 spiro atoms. The fourth-order valence-electron chi connectivity index (χ4n) is 5.12. The maximum absolute atomic E-state index is 12.9. The monoisotopic (exact) mass is 402 g/mol. The van der Waals surface area contributed by atoms with Crippen LogP contribution in [0.1, 0.15) is 53.7 Å². The second-order valence-electron chi connectivity index (χ2n) is 8.86. The molecular weight excluding hydrogens is 372 g/mol. The normalized spacial score (nSPS) is 22.0. The van der Waals surface area contributed by atoms with Crippen molar-refractivity contribution in [2.45, 2.75) is 51.1 Å². The molecule has 1 saturated carbocycles. The van der Waals surface area contributed by atoms with E-state index in [1.165, 1.54) is 43.6 Å². The van der Waals surface area contributed by atoms with Crippen molar-refractivity contribution in [3.63, 3.8) is 0 Å². The Morgan fingerprint density at radius 1 is 1.13 bits per heavy atom. The molecule has 1 fully saturated rings. The molecule has 2 N–H and O–H groups in total. The predicted molar refractivity (Wildman–Crippen MR) is 119 cm³/mol. The third kappa shape index (κ3) is 4.12. The molecule has 5 nitrogen and oxygen atoms in total. The molecule has 1 amide bonds. The Bertz CT molecular complexity index is 1010. The maximum Gasteiger partial charge on any atom is 0.252 e. The van der Waals surface area contributed by atoms with E-state index in [0.717, 1.165) is 48.2 Å². The molecule has 3 heterocycles. The minimum atomic E-state index is 0.0349. The summed E-state index contributed by atoms with van der Waals surface area (Å²) >= 11 is 0. The molecule has 2 aromatic heterocycles. The fraction of sp³-hybridized carbons (Fsp3) is 0.440. The quantitative estimate of drug-likeness (QED) is 0.669. The average molecular weight is 403 g/mol. The molecule has 2 aliphatic rings. The van der Waals surface area contributed by atoms with Gasteiger partial charge in [-0.2, -0.15) is 0 Å². The highest BCUT2D eigenvalue weighted by atomic mass is 16.1. The van der Waals surface area contributed by atoms with Gasteiger partial charge >= 0.3 is 0 Å². The van der Waals surface area contributed by atoms with Crippen molar-refractivity contribution < 1.29 is 4.79 Å². The molecule has 1 aromatic carbocycles. The van der Waals surface area contributed by atoms with E-state index < -0.39 is 0 Å². The van der Waals surface area contributed by atoms with Crippen LogP contribution in [0.2, 0.25) is 0 Å². The predicted octanol–water partition coefficient (Wildman–Crippen LogP) is 4.30. The Labute approximate surface area is 177 Å². The molecular formula is C25H30N4O. The highest BCUT2D eigenvalue weighted by Gasteiger charge is 2.24. The van der Waals surface area contributed by atoms with Gasteiger partial charge in [0, 0.05) is 54.6 Å². The number of aromatic nitrogens is 2. The first kappa shape index (κ1) is 19.3. The second-order valence-corrected chi connectivity index (χ2v) is 8.86. The molecule has 30 heavy (non-hydrogen) atoms. The van der Waals surface area contributed by atoms with Crippen molar-refractivity contribution in [2.75, 3.05) is 13.1 Å². The lowest BCUT2D eigenvalue weighted by Gasteiger charge is -2.32. The number of fused-ring (bicyclic) bond motifs is 2. The first-order valence-corrected chi connectivity index (χ1v) is 11.3. The summed E-state index contributed by atoms with van der Waals surface area (Å²) in [5.41, 5.74) is 4.50. The summed E-state index contributed by atoms with van der Waals surface area (Å²) in [5, 5.41) is 4.21. The van der Waals surface area contributed by atoms with Crippen LogP contribution < -0.4 is 5.32 Å². The Balaban J connectivity index is 1.10. The summed E-state index contributed by atoms with van der Waals surface area (Å²) in [6.07, 6.45) is 10.9. The zero-order valence-electron chi connectivity index (χ0n) is 17.4. The van der Waals surface area contributed by atoms with Gasteiger partial charge in [0.1, 0.15) is 0 Å². The van der Waals surface area contributed by atoms with E-state index in [1.54, 1.807) is 6.20 Å². The van der Waals surface area contributed by atoms with E-state index in [4.69, 9.17) is 0 Å². The molecule has 1 aliphatic carbocycles. The average Bonchev–Trinajstić information content (AvgIpc) is 3.26. The molecule has 0 unspecified atom stereocenters. The third-order valence-electron chi connectivity index (χ3n) is 6.93. The van der Waals surface area contributed by atoms with Crippen molar-refractivity contribution in [1.82, 2.24) is 20.2 Å². The maximum atomic E-state index is 12.9. The number of nitrogens with zero attached hydrogens (tertiary/aromatic N) is 2. The van der Waals surface area contributed by atoms with Gasteiger partial charge in [0.2, 0.25) is 0 Å². The van der Waals surface area contributed by atoms with Gasteiger partial charge in [-0.3, -0.25) is 14.7 Å². The van der Waals surface area contributed by atoms with Crippen LogP contribution in [-0.4, -0.2) is 39.9 Å². The molecule has 0 bridgehead atoms. The van der Waals surface area contributed by atoms with E-state index >= 15 is 0 Å². The van der Waals surface area contributed by atoms with Crippen molar-refractivity contribution >= 4 is 16.8 Å². The van der Waals surface area contributed by atoms with Crippen LogP contribution >= 0.6 is 0 Å². The van der Waals surface area contributed by atoms with Crippen molar-refractivity contribution in [2.24, 2.45) is 5.92 Å². The molecule has 1 aliphatic heterocycles. The van der Waals surface area contributed by atoms with E-state index in [1.807, 2.05) is 30.3 Å². The smallest absolute Gasteiger partial charge is 0.252 e. The number of pyridine rings is 1. The second kappa shape index (κ2) is 8.60. The van der Waals surface area contributed by atoms with E-state index in [-0.39, 0.29) is 11.9 Å². The van der Waals surface area contributed by atoms with Crippen LogP contribution in [0.15, 0.2) is 48.8 Å². The number of carbonyl (C=O) groups excluding carboxylic acids is 1. The highest BCUT2D eigenvalue weighted by Crippen LogP contribution is 2.28. The highest BCUT2D eigenvalue weighted by molar-refractivity contribution is 6.06. The number of hydrogen-bond acceptors (Lipinski definition) is 3. The lowest BCUT2D eigenvalue weighted by atomic mass is 9.83. The summed E-state index contributed by atoms with van der Waals surface area (Å²) in [4.78, 5) is 23.2. The fourth-order valence-corrected chi connectivity index (χ4v) is 5.12. The van der Waals surface area contributed by atoms with E-state index in [2.05, 4.69) is 32.4 Å². The summed E-state index contributed by atoms with van der Waals surface area (Å²) in [6, 6.07) is 12.2. The van der Waals surface area contributed by atoms with Gasteiger partial charge in [0.15, 0.2) is 0 Å². The number of hydrogen-bond donors (Lipinski definition) is 2. The molecule has 5 heteroatoms. The minimum Gasteiger partial charge on any atom is -0.365 e. The van der Waals surface area contributed by atoms with Gasteiger partial charge in [0.25, 0.3) is 5.91 Å². The molecule has 156 valence electrons. The number of nitrogens with one attached hydrogen (secondary N) is 2. The number of carbonyl (C=O) groups is 1. The van der Waals surface area contributed by atoms with Gasteiger partial charge in [-0.15, -0.1) is 0 Å². The van der Waals surface area contributed by atoms with E-state index in [0.29, 0.717) is 0 Å². The molecule has 0 atom stereocenters. The topological polar surface area (TPSA) is 61.0 Å². The third-order valence-corrected chi connectivity index (χ3v) is 6.93. The van der Waals surface area contributed by atoms with Crippen LogP contribution in [-0.2, 0) is 13.0 Å². The number of amides is 1. The molecule has 3 aromatic rings. The number of aromatic amines is 1. The van der Waals surface area contributed by atoms with Crippen LogP contribution in [0.25, 0.3) is 10.9 Å². The van der Waals surface area contributed by atoms with Crippen molar-refractivity contribution in [1.29, 1.82) is 0 Å². The first-order valence-electron chi connectivity index (χ1n) is 11.3. The van der Waals surface area contributed by atoms with Gasteiger partial charge in [-0.1, -0.05) is 12.1 Å². The summed E-state index contributed by atoms with van der Waals surface area (Å²) in [5.74, 6) is 0.820. The number of benzene rings is 1. The van der Waals surface area contributed by atoms with Crippen molar-refractivity contribution in [3.8, 4) is 0 Å². The Morgan fingerprint density at radius 2 is 2.03 bits per heavy atom. The van der Waals surface area contributed by atoms with Gasteiger partial charge in [-0.25, -0.2) is 0 Å². The number of rotatable bonds is 5. The largest absolute Gasteiger partial charge is 0.365 e. The van der Waals surface area contributed by atoms with Gasteiger partial charge in [0.05, 0.1) is 5.52 Å². The standard InChI is InChI=1S/C25H30N4O/c30-25(22-3-1-5-24-21(22)4-2-13-26-24)28-20-8-6-18(7-9-20)11-15-29-16-12-23-19(17-29)10-14-27-23/h1-5,10,13-14,18,20,27H,6-9,11-12,15-17H2,(H,28,30). The summed E-state index contributed by atoms with van der Waals surface area (Å²) in [7, 11) is 0. The zero-order valence-corrected chi connectivity index (χ0v) is 17.4. The van der Waals surface area contributed by atoms with Gasteiger partial charge < -0.3 is 10.3 Å². The minimum absolute atomic E-state index is 0.0349. The summed E-state index contributed by atoms with van der Waals surface area (Å²) in [6.45, 7) is 3.44. The zero-order chi connectivity index (χ0) is 20.3. The molecule has 0 radical (unpaired) electrons. The lowest BCUT2D eigenvalue weighted by Crippen LogP contribution is -2.38. The van der Waals surface area contributed by atoms with Crippen LogP contribution in [0.5, 0.6) is 0 Å². The molecule has 5 rings (SSSR count). The van der Waals surface area contributed by atoms with Crippen LogP contribution in [0.3, 0.4) is 0 Å². The summed E-state index contributed by atoms with van der Waals surface area (Å²) < 4.78 is 0. The van der Waals surface area contributed by atoms with Gasteiger partial charge in [-0.05, 0) is 74.4 Å². The van der Waals surface area contributed by atoms with Crippen LogP contribution in [0.4, 0.5) is 0 Å². The SMILES string of the molecule is O=C(NC1CCC(CCN2CCc3[nH]ccc3C2)CC1)c1cccc2ncccc12. The lowest BCUT2D eigenvalue weighted by molar-refractivity contribution is 0.0921. The Hall–Kier alpha value is -2.66.